The standard InChI is InChI=1S/C36H28N2S2/c1-25-3-7-27(8-4-25)11-13-29-15-19-31(20-16-29)33-23-37-35(39-33)36-38-24-34(40-36)32-21-17-30(18-22-32)14-12-28-9-5-26(2)6-10-28/h3-24H,1-2H3/b13-11+,14-12+. The van der Waals surface area contributed by atoms with Crippen molar-refractivity contribution >= 4 is 47.0 Å². The first-order valence-electron chi connectivity index (χ1n) is 13.2. The third-order valence-electron chi connectivity index (χ3n) is 6.68. The summed E-state index contributed by atoms with van der Waals surface area (Å²) in [6, 6.07) is 34.4. The summed E-state index contributed by atoms with van der Waals surface area (Å²) in [5.74, 6) is 0. The van der Waals surface area contributed by atoms with Crippen LogP contribution in [-0.2, 0) is 0 Å². The molecule has 6 aromatic rings. The Hall–Kier alpha value is -4.38. The number of nitrogens with zero attached hydrogens (tertiary/aromatic N) is 2. The minimum Gasteiger partial charge on any atom is -0.241 e. The van der Waals surface area contributed by atoms with Crippen LogP contribution in [0.1, 0.15) is 33.4 Å². The summed E-state index contributed by atoms with van der Waals surface area (Å²) in [7, 11) is 0. The van der Waals surface area contributed by atoms with Crippen molar-refractivity contribution in [1.29, 1.82) is 0 Å². The second-order valence-electron chi connectivity index (χ2n) is 9.79. The van der Waals surface area contributed by atoms with E-state index < -0.39 is 0 Å². The first kappa shape index (κ1) is 25.9. The van der Waals surface area contributed by atoms with Crippen LogP contribution < -0.4 is 0 Å². The molecule has 194 valence electrons. The molecule has 0 saturated heterocycles. The zero-order valence-electron chi connectivity index (χ0n) is 22.4. The lowest BCUT2D eigenvalue weighted by Crippen LogP contribution is -1.76. The van der Waals surface area contributed by atoms with Gasteiger partial charge in [0.15, 0.2) is 10.0 Å². The highest BCUT2D eigenvalue weighted by Crippen LogP contribution is 2.37. The van der Waals surface area contributed by atoms with Gasteiger partial charge in [-0.3, -0.25) is 0 Å². The molecule has 2 aromatic heterocycles. The lowest BCUT2D eigenvalue weighted by molar-refractivity contribution is 1.35. The van der Waals surface area contributed by atoms with Crippen LogP contribution >= 0.6 is 22.7 Å². The number of hydrogen-bond donors (Lipinski definition) is 0. The SMILES string of the molecule is Cc1ccc(/C=C/c2ccc(-c3cnc(-c4ncc(-c5ccc(/C=C/c6ccc(C)cc6)cc5)s4)s3)cc2)cc1. The molecule has 4 aromatic carbocycles. The van der Waals surface area contributed by atoms with E-state index in [9.17, 15) is 0 Å². The fraction of sp³-hybridized carbons (Fsp3) is 0.0556. The number of aryl methyl sites for hydroxylation is 2. The minimum absolute atomic E-state index is 0.951. The van der Waals surface area contributed by atoms with Gasteiger partial charge >= 0.3 is 0 Å². The first-order chi connectivity index (χ1) is 19.6. The Labute approximate surface area is 243 Å². The van der Waals surface area contributed by atoms with Gasteiger partial charge in [0, 0.05) is 12.4 Å². The summed E-state index contributed by atoms with van der Waals surface area (Å²) >= 11 is 3.36. The van der Waals surface area contributed by atoms with E-state index in [1.165, 1.54) is 44.5 Å². The lowest BCUT2D eigenvalue weighted by atomic mass is 10.1. The van der Waals surface area contributed by atoms with Crippen LogP contribution in [-0.4, -0.2) is 9.97 Å². The number of hydrogen-bond acceptors (Lipinski definition) is 4. The molecule has 6 rings (SSSR count). The normalized spacial score (nSPS) is 11.6. The summed E-state index contributed by atoms with van der Waals surface area (Å²) in [5.41, 5.74) is 9.65. The van der Waals surface area contributed by atoms with Gasteiger partial charge in [0.2, 0.25) is 0 Å². The Kier molecular flexibility index (Phi) is 7.62. The molecule has 0 spiro atoms. The first-order valence-corrected chi connectivity index (χ1v) is 14.8. The van der Waals surface area contributed by atoms with E-state index >= 15 is 0 Å². The lowest BCUT2D eigenvalue weighted by Gasteiger charge is -1.99. The van der Waals surface area contributed by atoms with Crippen molar-refractivity contribution < 1.29 is 0 Å². The Balaban J connectivity index is 1.12. The molecule has 4 heteroatoms. The van der Waals surface area contributed by atoms with E-state index in [-0.39, 0.29) is 0 Å². The Morgan fingerprint density at radius 3 is 1.05 bits per heavy atom. The third kappa shape index (κ3) is 6.26. The summed E-state index contributed by atoms with van der Waals surface area (Å²) in [6.45, 7) is 4.21. The fourth-order valence-corrected chi connectivity index (χ4v) is 6.15. The van der Waals surface area contributed by atoms with Crippen molar-refractivity contribution in [2.45, 2.75) is 13.8 Å². The number of benzene rings is 4. The van der Waals surface area contributed by atoms with E-state index in [4.69, 9.17) is 9.97 Å². The van der Waals surface area contributed by atoms with Crippen LogP contribution in [0.4, 0.5) is 0 Å². The Morgan fingerprint density at radius 2 is 0.725 bits per heavy atom. The van der Waals surface area contributed by atoms with Crippen molar-refractivity contribution in [3.05, 3.63) is 143 Å². The monoisotopic (exact) mass is 552 g/mol. The van der Waals surface area contributed by atoms with Gasteiger partial charge in [-0.25, -0.2) is 9.97 Å². The maximum absolute atomic E-state index is 4.69. The van der Waals surface area contributed by atoms with Gasteiger partial charge in [0.25, 0.3) is 0 Å². The maximum Gasteiger partial charge on any atom is 0.152 e. The quantitative estimate of drug-likeness (QED) is 0.184. The molecule has 0 fully saturated rings. The Bertz CT molecular complexity index is 1630. The average molecular weight is 553 g/mol. The molecule has 0 saturated carbocycles. The summed E-state index contributed by atoms with van der Waals surface area (Å²) in [6.07, 6.45) is 12.5. The highest BCUT2D eigenvalue weighted by atomic mass is 32.1. The molecule has 0 unspecified atom stereocenters. The molecule has 40 heavy (non-hydrogen) atoms. The molecule has 0 atom stereocenters. The smallest absolute Gasteiger partial charge is 0.152 e. The van der Waals surface area contributed by atoms with Crippen LogP contribution in [0.15, 0.2) is 109 Å². The second kappa shape index (κ2) is 11.8. The van der Waals surface area contributed by atoms with E-state index in [2.05, 4.69) is 135 Å². The number of thiazole rings is 2. The van der Waals surface area contributed by atoms with Crippen molar-refractivity contribution in [3.8, 4) is 30.9 Å². The molecule has 0 radical (unpaired) electrons. The van der Waals surface area contributed by atoms with Crippen molar-refractivity contribution in [2.24, 2.45) is 0 Å². The van der Waals surface area contributed by atoms with E-state index in [1.54, 1.807) is 22.7 Å². The van der Waals surface area contributed by atoms with E-state index in [0.717, 1.165) is 19.8 Å². The molecule has 0 aliphatic rings. The zero-order chi connectivity index (χ0) is 27.3. The second-order valence-corrected chi connectivity index (χ2v) is 11.9. The molecule has 0 aliphatic carbocycles. The van der Waals surface area contributed by atoms with Crippen molar-refractivity contribution in [3.63, 3.8) is 0 Å². The molecular weight excluding hydrogens is 525 g/mol. The van der Waals surface area contributed by atoms with Gasteiger partial charge in [-0.1, -0.05) is 132 Å². The van der Waals surface area contributed by atoms with Gasteiger partial charge in [-0.05, 0) is 47.2 Å². The topological polar surface area (TPSA) is 25.8 Å². The molecule has 0 bridgehead atoms. The summed E-state index contributed by atoms with van der Waals surface area (Å²) < 4.78 is 0. The highest BCUT2D eigenvalue weighted by Gasteiger charge is 2.12. The maximum atomic E-state index is 4.69. The molecular formula is C36H28N2S2. The third-order valence-corrected chi connectivity index (χ3v) is 8.91. The van der Waals surface area contributed by atoms with Crippen molar-refractivity contribution in [1.82, 2.24) is 9.97 Å². The summed E-state index contributed by atoms with van der Waals surface area (Å²) in [5, 5.41) is 1.90. The molecule has 0 aliphatic heterocycles. The molecule has 0 amide bonds. The van der Waals surface area contributed by atoms with Gasteiger partial charge in [0.1, 0.15) is 0 Å². The highest BCUT2D eigenvalue weighted by molar-refractivity contribution is 7.24. The minimum atomic E-state index is 0.951. The number of aromatic nitrogens is 2. The van der Waals surface area contributed by atoms with E-state index in [0.29, 0.717) is 0 Å². The van der Waals surface area contributed by atoms with Gasteiger partial charge in [-0.2, -0.15) is 0 Å². The number of rotatable bonds is 7. The molecule has 0 N–H and O–H groups in total. The van der Waals surface area contributed by atoms with E-state index in [1.807, 2.05) is 12.4 Å². The van der Waals surface area contributed by atoms with Gasteiger partial charge in [0.05, 0.1) is 9.75 Å². The zero-order valence-corrected chi connectivity index (χ0v) is 24.0. The molecule has 2 heterocycles. The van der Waals surface area contributed by atoms with Crippen LogP contribution in [0.5, 0.6) is 0 Å². The largest absolute Gasteiger partial charge is 0.241 e. The fourth-order valence-electron chi connectivity index (χ4n) is 4.27. The van der Waals surface area contributed by atoms with Crippen LogP contribution in [0, 0.1) is 13.8 Å². The van der Waals surface area contributed by atoms with Crippen molar-refractivity contribution in [2.75, 3.05) is 0 Å². The van der Waals surface area contributed by atoms with Crippen LogP contribution in [0.25, 0.3) is 55.2 Å². The van der Waals surface area contributed by atoms with Gasteiger partial charge in [-0.15, -0.1) is 22.7 Å². The molecule has 2 nitrogen and oxygen atoms in total. The Morgan fingerprint density at radius 1 is 0.425 bits per heavy atom. The summed E-state index contributed by atoms with van der Waals surface area (Å²) in [4.78, 5) is 11.7. The predicted octanol–water partition coefficient (Wildman–Crippen LogP) is 10.6. The van der Waals surface area contributed by atoms with Gasteiger partial charge < -0.3 is 0 Å². The van der Waals surface area contributed by atoms with Crippen LogP contribution in [0.2, 0.25) is 0 Å². The average Bonchev–Trinajstić information content (AvgIpc) is 3.68. The predicted molar refractivity (Wildman–Crippen MR) is 174 cm³/mol. The van der Waals surface area contributed by atoms with Crippen LogP contribution in [0.3, 0.4) is 0 Å².